The normalized spacial score (nSPS) is 19.4. The van der Waals surface area contributed by atoms with Crippen LogP contribution in [0, 0.1) is 5.92 Å². The summed E-state index contributed by atoms with van der Waals surface area (Å²) in [5.74, 6) is 1.88. The summed E-state index contributed by atoms with van der Waals surface area (Å²) < 4.78 is 4.27. The maximum atomic E-state index is 4.47. The van der Waals surface area contributed by atoms with Crippen molar-refractivity contribution in [1.29, 1.82) is 0 Å². The molecule has 3 aromatic heterocycles. The highest BCUT2D eigenvalue weighted by molar-refractivity contribution is 5.36. The van der Waals surface area contributed by atoms with Crippen LogP contribution in [-0.2, 0) is 20.0 Å². The van der Waals surface area contributed by atoms with Crippen molar-refractivity contribution in [3.8, 4) is 0 Å². The molecule has 1 atom stereocenters. The maximum Gasteiger partial charge on any atom is 0.155 e. The van der Waals surface area contributed by atoms with Crippen LogP contribution in [0.25, 0.3) is 5.65 Å². The van der Waals surface area contributed by atoms with E-state index in [4.69, 9.17) is 0 Å². The second-order valence-electron chi connectivity index (χ2n) is 6.46. The lowest BCUT2D eigenvalue weighted by Crippen LogP contribution is -2.36. The van der Waals surface area contributed by atoms with Crippen LogP contribution in [0.1, 0.15) is 24.4 Å². The topological polar surface area (TPSA) is 51.2 Å². The summed E-state index contributed by atoms with van der Waals surface area (Å²) in [6, 6.07) is 0. The first kappa shape index (κ1) is 14.4. The molecule has 4 rings (SSSR count). The van der Waals surface area contributed by atoms with Crippen LogP contribution >= 0.6 is 0 Å². The van der Waals surface area contributed by atoms with Gasteiger partial charge in [0, 0.05) is 51.3 Å². The molecule has 1 saturated heterocycles. The Balaban J connectivity index is 1.44. The van der Waals surface area contributed by atoms with Crippen molar-refractivity contribution in [2.75, 3.05) is 13.1 Å². The Bertz CT molecular complexity index is 789. The molecule has 1 aliphatic rings. The third kappa shape index (κ3) is 2.99. The number of fused-ring (bicyclic) bond motifs is 1. The molecule has 1 fully saturated rings. The molecule has 0 saturated carbocycles. The first-order chi connectivity index (χ1) is 11.3. The Kier molecular flexibility index (Phi) is 3.83. The number of hydrogen-bond acceptors (Lipinski definition) is 4. The fraction of sp³-hybridized carbons (Fsp3) is 0.471. The molecule has 0 N–H and O–H groups in total. The SMILES string of the molecule is Cn1ccnc1CC1CCCN(Cc2cnc3cnccn23)C1. The predicted molar refractivity (Wildman–Crippen MR) is 87.9 cm³/mol. The molecule has 1 aliphatic heterocycles. The van der Waals surface area contributed by atoms with E-state index in [-0.39, 0.29) is 0 Å². The molecule has 1 unspecified atom stereocenters. The van der Waals surface area contributed by atoms with Crippen molar-refractivity contribution in [2.24, 2.45) is 13.0 Å². The van der Waals surface area contributed by atoms with E-state index in [0.29, 0.717) is 5.92 Å². The molecule has 0 bridgehead atoms. The molecule has 0 radical (unpaired) electrons. The Hall–Kier alpha value is -2.21. The largest absolute Gasteiger partial charge is 0.338 e. The highest BCUT2D eigenvalue weighted by Crippen LogP contribution is 2.21. The van der Waals surface area contributed by atoms with Gasteiger partial charge in [0.05, 0.1) is 18.1 Å². The number of hydrogen-bond donors (Lipinski definition) is 0. The van der Waals surface area contributed by atoms with Crippen molar-refractivity contribution in [1.82, 2.24) is 28.8 Å². The van der Waals surface area contributed by atoms with Crippen LogP contribution in [0.15, 0.2) is 37.2 Å². The first-order valence-electron chi connectivity index (χ1n) is 8.24. The van der Waals surface area contributed by atoms with Crippen LogP contribution in [0.4, 0.5) is 0 Å². The standard InChI is InChI=1S/C17H22N6/c1-21-7-5-19-16(21)9-14-3-2-6-22(12-14)13-15-10-20-17-11-18-4-8-23(15)17/h4-5,7-8,10-11,14H,2-3,6,9,12-13H2,1H3. The molecule has 0 amide bonds. The zero-order valence-corrected chi connectivity index (χ0v) is 13.5. The van der Waals surface area contributed by atoms with Gasteiger partial charge < -0.3 is 4.57 Å². The van der Waals surface area contributed by atoms with Crippen LogP contribution in [-0.4, -0.2) is 41.9 Å². The molecule has 6 heteroatoms. The van der Waals surface area contributed by atoms with Crippen LogP contribution in [0.5, 0.6) is 0 Å². The molecule has 0 spiro atoms. The van der Waals surface area contributed by atoms with E-state index >= 15 is 0 Å². The highest BCUT2D eigenvalue weighted by atomic mass is 15.2. The van der Waals surface area contributed by atoms with Gasteiger partial charge in [-0.05, 0) is 25.3 Å². The average molecular weight is 310 g/mol. The molecule has 6 nitrogen and oxygen atoms in total. The van der Waals surface area contributed by atoms with Crippen molar-refractivity contribution >= 4 is 5.65 Å². The maximum absolute atomic E-state index is 4.47. The predicted octanol–water partition coefficient (Wildman–Crippen LogP) is 1.92. The zero-order chi connectivity index (χ0) is 15.6. The van der Waals surface area contributed by atoms with Gasteiger partial charge in [0.25, 0.3) is 0 Å². The van der Waals surface area contributed by atoms with Gasteiger partial charge in [-0.15, -0.1) is 0 Å². The third-order valence-corrected chi connectivity index (χ3v) is 4.77. The number of aryl methyl sites for hydroxylation is 1. The number of likely N-dealkylation sites (tertiary alicyclic amines) is 1. The summed E-state index contributed by atoms with van der Waals surface area (Å²) in [5, 5.41) is 0. The molecule has 0 aliphatic carbocycles. The zero-order valence-electron chi connectivity index (χ0n) is 13.5. The lowest BCUT2D eigenvalue weighted by molar-refractivity contribution is 0.163. The average Bonchev–Trinajstić information content (AvgIpc) is 3.15. The van der Waals surface area contributed by atoms with Crippen molar-refractivity contribution in [3.63, 3.8) is 0 Å². The number of aromatic nitrogens is 5. The molecule has 3 aromatic rings. The van der Waals surface area contributed by atoms with E-state index < -0.39 is 0 Å². The quantitative estimate of drug-likeness (QED) is 0.739. The lowest BCUT2D eigenvalue weighted by Gasteiger charge is -2.32. The van der Waals surface area contributed by atoms with Gasteiger partial charge in [0.15, 0.2) is 5.65 Å². The fourth-order valence-corrected chi connectivity index (χ4v) is 3.55. The summed E-state index contributed by atoms with van der Waals surface area (Å²) in [4.78, 5) is 15.6. The molecule has 0 aromatic carbocycles. The van der Waals surface area contributed by atoms with Gasteiger partial charge in [-0.2, -0.15) is 0 Å². The van der Waals surface area contributed by atoms with Crippen LogP contribution < -0.4 is 0 Å². The lowest BCUT2D eigenvalue weighted by atomic mass is 9.94. The van der Waals surface area contributed by atoms with E-state index in [0.717, 1.165) is 31.7 Å². The Morgan fingerprint density at radius 3 is 3.00 bits per heavy atom. The molecule has 4 heterocycles. The molecular formula is C17H22N6. The van der Waals surface area contributed by atoms with Crippen LogP contribution in [0.3, 0.4) is 0 Å². The summed E-state index contributed by atoms with van der Waals surface area (Å²) >= 11 is 0. The van der Waals surface area contributed by atoms with E-state index in [1.54, 1.807) is 0 Å². The van der Waals surface area contributed by atoms with Gasteiger partial charge in [-0.1, -0.05) is 0 Å². The second kappa shape index (κ2) is 6.12. The minimum Gasteiger partial charge on any atom is -0.338 e. The summed E-state index contributed by atoms with van der Waals surface area (Å²) in [6.07, 6.45) is 15.1. The van der Waals surface area contributed by atoms with Gasteiger partial charge in [-0.25, -0.2) is 9.97 Å². The van der Waals surface area contributed by atoms with Gasteiger partial charge >= 0.3 is 0 Å². The molecule has 120 valence electrons. The first-order valence-corrected chi connectivity index (χ1v) is 8.24. The summed E-state index contributed by atoms with van der Waals surface area (Å²) in [5.41, 5.74) is 2.16. The second-order valence-corrected chi connectivity index (χ2v) is 6.46. The number of rotatable bonds is 4. The Labute approximate surface area is 135 Å². The fourth-order valence-electron chi connectivity index (χ4n) is 3.55. The van der Waals surface area contributed by atoms with E-state index in [1.807, 2.05) is 37.2 Å². The monoisotopic (exact) mass is 310 g/mol. The van der Waals surface area contributed by atoms with Gasteiger partial charge in [-0.3, -0.25) is 14.3 Å². The summed E-state index contributed by atoms with van der Waals surface area (Å²) in [6.45, 7) is 3.24. The molecular weight excluding hydrogens is 288 g/mol. The summed E-state index contributed by atoms with van der Waals surface area (Å²) in [7, 11) is 2.08. The highest BCUT2D eigenvalue weighted by Gasteiger charge is 2.22. The minimum atomic E-state index is 0.686. The third-order valence-electron chi connectivity index (χ3n) is 4.77. The van der Waals surface area contributed by atoms with E-state index in [2.05, 4.69) is 35.9 Å². The van der Waals surface area contributed by atoms with Gasteiger partial charge in [0.2, 0.25) is 0 Å². The van der Waals surface area contributed by atoms with E-state index in [1.165, 1.54) is 24.4 Å². The van der Waals surface area contributed by atoms with Gasteiger partial charge in [0.1, 0.15) is 5.82 Å². The van der Waals surface area contributed by atoms with Crippen molar-refractivity contribution in [2.45, 2.75) is 25.8 Å². The smallest absolute Gasteiger partial charge is 0.155 e. The molecule has 23 heavy (non-hydrogen) atoms. The number of nitrogens with zero attached hydrogens (tertiary/aromatic N) is 6. The van der Waals surface area contributed by atoms with Crippen molar-refractivity contribution < 1.29 is 0 Å². The number of imidazole rings is 2. The van der Waals surface area contributed by atoms with Crippen LogP contribution in [0.2, 0.25) is 0 Å². The Morgan fingerprint density at radius 1 is 1.17 bits per heavy atom. The number of piperidine rings is 1. The minimum absolute atomic E-state index is 0.686. The van der Waals surface area contributed by atoms with E-state index in [9.17, 15) is 0 Å². The van der Waals surface area contributed by atoms with Crippen molar-refractivity contribution in [3.05, 3.63) is 48.7 Å². The Morgan fingerprint density at radius 2 is 2.13 bits per heavy atom.